The van der Waals surface area contributed by atoms with Gasteiger partial charge in [0.1, 0.15) is 6.07 Å². The lowest BCUT2D eigenvalue weighted by molar-refractivity contribution is -0.139. The number of esters is 1. The number of nitrogens with zero attached hydrogens (tertiary/aromatic N) is 1. The first-order valence-corrected chi connectivity index (χ1v) is 5.95. The Morgan fingerprint density at radius 2 is 2.31 bits per heavy atom. The minimum Gasteiger partial charge on any atom is -0.465 e. The quantitative estimate of drug-likeness (QED) is 0.594. The molecule has 0 radical (unpaired) electrons. The maximum Gasteiger partial charge on any atom is 0.316 e. The van der Waals surface area contributed by atoms with E-state index in [9.17, 15) is 4.79 Å². The number of hydrogen-bond donors (Lipinski definition) is 0. The molecule has 0 N–H and O–H groups in total. The number of hydrogen-bond acceptors (Lipinski definition) is 4. The molecule has 0 aromatic heterocycles. The highest BCUT2D eigenvalue weighted by Crippen LogP contribution is 2.26. The molecular weight excluding hydrogens is 222 g/mol. The van der Waals surface area contributed by atoms with Crippen LogP contribution in [0.3, 0.4) is 0 Å². The monoisotopic (exact) mass is 235 g/mol. The third-order valence-corrected chi connectivity index (χ3v) is 3.18. The highest BCUT2D eigenvalue weighted by atomic mass is 32.2. The van der Waals surface area contributed by atoms with Gasteiger partial charge in [-0.2, -0.15) is 5.26 Å². The van der Waals surface area contributed by atoms with Crippen molar-refractivity contribution in [3.05, 3.63) is 29.3 Å². The lowest BCUT2D eigenvalue weighted by Crippen LogP contribution is -2.06. The number of rotatable bonds is 4. The summed E-state index contributed by atoms with van der Waals surface area (Å²) in [7, 11) is 0. The summed E-state index contributed by atoms with van der Waals surface area (Å²) in [5.41, 5.74) is 1.61. The fourth-order valence-electron chi connectivity index (χ4n) is 1.27. The number of carbonyl (C=O) groups is 1. The number of carbonyl (C=O) groups excluding carboxylic acids is 1. The molecule has 3 nitrogen and oxygen atoms in total. The number of aryl methyl sites for hydroxylation is 1. The van der Waals surface area contributed by atoms with Crippen LogP contribution >= 0.6 is 11.8 Å². The number of thioether (sulfide) groups is 1. The van der Waals surface area contributed by atoms with Gasteiger partial charge in [0.15, 0.2) is 0 Å². The zero-order valence-electron chi connectivity index (χ0n) is 9.32. The fraction of sp³-hybridized carbons (Fsp3) is 0.333. The number of ether oxygens (including phenoxy) is 1. The Morgan fingerprint density at radius 3 is 2.94 bits per heavy atom. The second-order valence-electron chi connectivity index (χ2n) is 3.16. The van der Waals surface area contributed by atoms with E-state index in [1.54, 1.807) is 13.0 Å². The van der Waals surface area contributed by atoms with E-state index < -0.39 is 0 Å². The van der Waals surface area contributed by atoms with Crippen molar-refractivity contribution in [1.29, 1.82) is 5.26 Å². The van der Waals surface area contributed by atoms with Gasteiger partial charge < -0.3 is 4.74 Å². The molecule has 0 atom stereocenters. The Labute approximate surface area is 99.4 Å². The van der Waals surface area contributed by atoms with Crippen LogP contribution < -0.4 is 0 Å². The van der Waals surface area contributed by atoms with Gasteiger partial charge in [0.05, 0.1) is 17.9 Å². The summed E-state index contributed by atoms with van der Waals surface area (Å²) in [5.74, 6) is -0.00690. The van der Waals surface area contributed by atoms with E-state index in [1.165, 1.54) is 11.8 Å². The molecule has 0 unspecified atom stereocenters. The smallest absolute Gasteiger partial charge is 0.316 e. The molecule has 16 heavy (non-hydrogen) atoms. The van der Waals surface area contributed by atoms with Crippen molar-refractivity contribution in [3.8, 4) is 6.07 Å². The summed E-state index contributed by atoms with van der Waals surface area (Å²) in [4.78, 5) is 12.1. The maximum atomic E-state index is 11.2. The Bertz CT molecular complexity index is 424. The van der Waals surface area contributed by atoms with Crippen molar-refractivity contribution in [2.75, 3.05) is 12.4 Å². The van der Waals surface area contributed by atoms with Gasteiger partial charge in [0.25, 0.3) is 0 Å². The second-order valence-corrected chi connectivity index (χ2v) is 4.14. The summed E-state index contributed by atoms with van der Waals surface area (Å²) in [6, 6.07) is 7.63. The molecule has 0 saturated heterocycles. The van der Waals surface area contributed by atoms with E-state index in [1.807, 2.05) is 19.1 Å². The highest BCUT2D eigenvalue weighted by molar-refractivity contribution is 8.00. The van der Waals surface area contributed by atoms with Crippen molar-refractivity contribution in [2.24, 2.45) is 0 Å². The molecule has 4 heteroatoms. The summed E-state index contributed by atoms with van der Waals surface area (Å²) in [6.45, 7) is 4.09. The first-order valence-electron chi connectivity index (χ1n) is 4.97. The van der Waals surface area contributed by atoms with Gasteiger partial charge in [-0.15, -0.1) is 11.8 Å². The summed E-state index contributed by atoms with van der Waals surface area (Å²) in [5, 5.41) is 8.93. The minimum atomic E-state index is -0.250. The molecular formula is C12H13NO2S. The average molecular weight is 235 g/mol. The van der Waals surface area contributed by atoms with Crippen molar-refractivity contribution in [3.63, 3.8) is 0 Å². The van der Waals surface area contributed by atoms with Crippen LogP contribution in [-0.4, -0.2) is 18.3 Å². The lowest BCUT2D eigenvalue weighted by atomic mass is 10.1. The molecule has 0 aliphatic carbocycles. The van der Waals surface area contributed by atoms with Gasteiger partial charge >= 0.3 is 5.97 Å². The number of benzene rings is 1. The summed E-state index contributed by atoms with van der Waals surface area (Å²) in [6.07, 6.45) is 0. The predicted octanol–water partition coefficient (Wildman–Crippen LogP) is 2.52. The van der Waals surface area contributed by atoms with Gasteiger partial charge in [0.2, 0.25) is 0 Å². The van der Waals surface area contributed by atoms with Crippen molar-refractivity contribution >= 4 is 17.7 Å². The maximum absolute atomic E-state index is 11.2. The molecule has 0 spiro atoms. The molecule has 0 bridgehead atoms. The van der Waals surface area contributed by atoms with E-state index in [4.69, 9.17) is 10.00 Å². The third-order valence-electron chi connectivity index (χ3n) is 1.97. The summed E-state index contributed by atoms with van der Waals surface area (Å²) < 4.78 is 4.83. The molecule has 1 aromatic carbocycles. The molecule has 0 fully saturated rings. The van der Waals surface area contributed by atoms with Gasteiger partial charge in [0, 0.05) is 4.90 Å². The van der Waals surface area contributed by atoms with Crippen LogP contribution in [0.25, 0.3) is 0 Å². The van der Waals surface area contributed by atoms with Gasteiger partial charge in [-0.05, 0) is 25.5 Å². The summed E-state index contributed by atoms with van der Waals surface area (Å²) >= 11 is 1.35. The Kier molecular flexibility index (Phi) is 4.87. The molecule has 84 valence electrons. The van der Waals surface area contributed by atoms with Crippen LogP contribution in [0, 0.1) is 18.3 Å². The second kappa shape index (κ2) is 6.19. The Hall–Kier alpha value is -1.47. The molecule has 0 amide bonds. The highest BCUT2D eigenvalue weighted by Gasteiger charge is 2.09. The zero-order chi connectivity index (χ0) is 12.0. The lowest BCUT2D eigenvalue weighted by Gasteiger charge is -2.06. The first-order chi connectivity index (χ1) is 7.69. The zero-order valence-corrected chi connectivity index (χ0v) is 10.1. The molecule has 1 rings (SSSR count). The van der Waals surface area contributed by atoms with Crippen molar-refractivity contribution in [2.45, 2.75) is 18.7 Å². The van der Waals surface area contributed by atoms with E-state index in [2.05, 4.69) is 6.07 Å². The molecule has 0 aliphatic heterocycles. The Balaban J connectivity index is 2.74. The SMILES string of the molecule is CCOC(=O)CSc1c(C)cccc1C#N. The molecule has 0 aliphatic rings. The van der Waals surface area contributed by atoms with E-state index in [0.717, 1.165) is 10.5 Å². The van der Waals surface area contributed by atoms with Crippen LogP contribution in [0.15, 0.2) is 23.1 Å². The normalized spacial score (nSPS) is 9.56. The van der Waals surface area contributed by atoms with E-state index in [-0.39, 0.29) is 11.7 Å². The van der Waals surface area contributed by atoms with Gasteiger partial charge in [-0.3, -0.25) is 4.79 Å². The van der Waals surface area contributed by atoms with E-state index >= 15 is 0 Å². The van der Waals surface area contributed by atoms with Crippen molar-refractivity contribution in [1.82, 2.24) is 0 Å². The average Bonchev–Trinajstić information content (AvgIpc) is 2.27. The van der Waals surface area contributed by atoms with Crippen LogP contribution in [-0.2, 0) is 9.53 Å². The van der Waals surface area contributed by atoms with Gasteiger partial charge in [-0.25, -0.2) is 0 Å². The number of nitriles is 1. The predicted molar refractivity (Wildman–Crippen MR) is 63.3 cm³/mol. The van der Waals surface area contributed by atoms with Crippen LogP contribution in [0.5, 0.6) is 0 Å². The van der Waals surface area contributed by atoms with E-state index in [0.29, 0.717) is 12.2 Å². The minimum absolute atomic E-state index is 0.243. The largest absolute Gasteiger partial charge is 0.465 e. The standard InChI is InChI=1S/C12H13NO2S/c1-3-15-11(14)8-16-12-9(2)5-4-6-10(12)7-13/h4-6H,3,8H2,1-2H3. The van der Waals surface area contributed by atoms with Crippen LogP contribution in [0.4, 0.5) is 0 Å². The third kappa shape index (κ3) is 3.28. The van der Waals surface area contributed by atoms with Gasteiger partial charge in [-0.1, -0.05) is 12.1 Å². The topological polar surface area (TPSA) is 50.1 Å². The fourth-order valence-corrected chi connectivity index (χ4v) is 2.18. The van der Waals surface area contributed by atoms with Crippen LogP contribution in [0.1, 0.15) is 18.1 Å². The Morgan fingerprint density at radius 1 is 1.56 bits per heavy atom. The molecule has 0 heterocycles. The van der Waals surface area contributed by atoms with Crippen molar-refractivity contribution < 1.29 is 9.53 Å². The van der Waals surface area contributed by atoms with Crippen LogP contribution in [0.2, 0.25) is 0 Å². The first kappa shape index (κ1) is 12.6. The molecule has 0 saturated carbocycles. The molecule has 1 aromatic rings.